The third kappa shape index (κ3) is 2.10. The van der Waals surface area contributed by atoms with Gasteiger partial charge in [0.25, 0.3) is 0 Å². The summed E-state index contributed by atoms with van der Waals surface area (Å²) in [5.41, 5.74) is 3.84. The van der Waals surface area contributed by atoms with Crippen molar-refractivity contribution in [2.24, 2.45) is 0 Å². The summed E-state index contributed by atoms with van der Waals surface area (Å²) in [5.74, 6) is 0.870. The van der Waals surface area contributed by atoms with Crippen LogP contribution in [0.5, 0.6) is 0 Å². The molecule has 2 rings (SSSR count). The quantitative estimate of drug-likeness (QED) is 0.752. The molecule has 1 heterocycles. The minimum atomic E-state index is 0.870. The summed E-state index contributed by atoms with van der Waals surface area (Å²) in [6.07, 6.45) is 0. The number of rotatable bonds is 3. The number of benzene rings is 1. The van der Waals surface area contributed by atoms with Crippen LogP contribution in [0.2, 0.25) is 0 Å². The monoisotopic (exact) mass is 217 g/mol. The highest BCUT2D eigenvalue weighted by molar-refractivity contribution is 7.80. The molecule has 0 aliphatic rings. The van der Waals surface area contributed by atoms with Crippen LogP contribution in [0.1, 0.15) is 5.69 Å². The molecule has 1 aromatic carbocycles. The molecule has 2 aromatic rings. The Morgan fingerprint density at radius 2 is 1.80 bits per heavy atom. The van der Waals surface area contributed by atoms with E-state index in [1.165, 1.54) is 17.0 Å². The van der Waals surface area contributed by atoms with Gasteiger partial charge in [0.1, 0.15) is 0 Å². The second-order valence-corrected chi connectivity index (χ2v) is 4.05. The van der Waals surface area contributed by atoms with Gasteiger partial charge in [-0.1, -0.05) is 30.3 Å². The molecule has 2 heteroatoms. The van der Waals surface area contributed by atoms with Gasteiger partial charge in [0.05, 0.1) is 0 Å². The Morgan fingerprint density at radius 1 is 1.07 bits per heavy atom. The molecule has 0 fully saturated rings. The second kappa shape index (κ2) is 4.58. The van der Waals surface area contributed by atoms with Crippen LogP contribution in [0.3, 0.4) is 0 Å². The van der Waals surface area contributed by atoms with Crippen molar-refractivity contribution in [2.75, 3.05) is 5.75 Å². The minimum absolute atomic E-state index is 0.870. The van der Waals surface area contributed by atoms with Gasteiger partial charge in [0, 0.05) is 23.7 Å². The molecule has 0 saturated carbocycles. The van der Waals surface area contributed by atoms with Crippen LogP contribution in [-0.4, -0.2) is 10.3 Å². The van der Waals surface area contributed by atoms with E-state index in [1.807, 2.05) is 6.07 Å². The molecule has 0 aliphatic heterocycles. The summed E-state index contributed by atoms with van der Waals surface area (Å²) in [6.45, 7) is 3.10. The number of aromatic nitrogens is 1. The predicted molar refractivity (Wildman–Crippen MR) is 68.5 cm³/mol. The third-order valence-corrected chi connectivity index (χ3v) is 2.79. The van der Waals surface area contributed by atoms with Gasteiger partial charge >= 0.3 is 0 Å². The van der Waals surface area contributed by atoms with Crippen LogP contribution in [0, 0.1) is 6.92 Å². The molecule has 0 N–H and O–H groups in total. The van der Waals surface area contributed by atoms with Gasteiger partial charge in [-0.25, -0.2) is 0 Å². The lowest BCUT2D eigenvalue weighted by molar-refractivity contribution is 0.760. The lowest BCUT2D eigenvalue weighted by atomic mass is 10.1. The van der Waals surface area contributed by atoms with Gasteiger partial charge in [-0.3, -0.25) is 0 Å². The molecule has 0 unspecified atom stereocenters. The van der Waals surface area contributed by atoms with Crippen molar-refractivity contribution < 1.29 is 0 Å². The fourth-order valence-electron chi connectivity index (χ4n) is 1.83. The SMILES string of the molecule is Cc1ccc(-c2ccccc2)n1CCS. The molecule has 0 radical (unpaired) electrons. The van der Waals surface area contributed by atoms with Crippen molar-refractivity contribution in [2.45, 2.75) is 13.5 Å². The highest BCUT2D eigenvalue weighted by Gasteiger charge is 2.05. The van der Waals surface area contributed by atoms with E-state index in [-0.39, 0.29) is 0 Å². The van der Waals surface area contributed by atoms with Crippen molar-refractivity contribution in [3.8, 4) is 11.3 Å². The Hall–Kier alpha value is -1.15. The Labute approximate surface area is 96.2 Å². The van der Waals surface area contributed by atoms with Crippen LogP contribution >= 0.6 is 12.6 Å². The van der Waals surface area contributed by atoms with Crippen LogP contribution in [0.15, 0.2) is 42.5 Å². The first kappa shape index (κ1) is 10.4. The van der Waals surface area contributed by atoms with E-state index in [1.54, 1.807) is 0 Å². The normalized spacial score (nSPS) is 10.5. The zero-order valence-corrected chi connectivity index (χ0v) is 9.74. The topological polar surface area (TPSA) is 4.93 Å². The summed E-state index contributed by atoms with van der Waals surface area (Å²) in [5, 5.41) is 0. The van der Waals surface area contributed by atoms with Gasteiger partial charge in [0.2, 0.25) is 0 Å². The predicted octanol–water partition coefficient (Wildman–Crippen LogP) is 3.39. The van der Waals surface area contributed by atoms with E-state index in [0.29, 0.717) is 0 Å². The number of aryl methyl sites for hydroxylation is 1. The number of hydrogen-bond acceptors (Lipinski definition) is 1. The smallest absolute Gasteiger partial charge is 0.0482 e. The molecule has 15 heavy (non-hydrogen) atoms. The lowest BCUT2D eigenvalue weighted by Crippen LogP contribution is -2.02. The first-order valence-corrected chi connectivity index (χ1v) is 5.78. The molecule has 78 valence electrons. The summed E-state index contributed by atoms with van der Waals surface area (Å²) in [4.78, 5) is 0. The molecule has 0 atom stereocenters. The molecule has 0 saturated heterocycles. The maximum absolute atomic E-state index is 4.29. The van der Waals surface area contributed by atoms with E-state index < -0.39 is 0 Å². The van der Waals surface area contributed by atoms with E-state index in [9.17, 15) is 0 Å². The van der Waals surface area contributed by atoms with Gasteiger partial charge in [-0.05, 0) is 24.6 Å². The molecule has 1 aromatic heterocycles. The van der Waals surface area contributed by atoms with Crippen molar-refractivity contribution in [3.05, 3.63) is 48.2 Å². The summed E-state index contributed by atoms with van der Waals surface area (Å²) < 4.78 is 2.31. The van der Waals surface area contributed by atoms with E-state index in [2.05, 4.69) is 60.5 Å². The van der Waals surface area contributed by atoms with Crippen molar-refractivity contribution in [3.63, 3.8) is 0 Å². The average Bonchev–Trinajstić information content (AvgIpc) is 2.63. The fraction of sp³-hybridized carbons (Fsp3) is 0.231. The summed E-state index contributed by atoms with van der Waals surface area (Å²) >= 11 is 4.29. The fourth-order valence-corrected chi connectivity index (χ4v) is 2.03. The minimum Gasteiger partial charge on any atom is -0.344 e. The van der Waals surface area contributed by atoms with Crippen molar-refractivity contribution >= 4 is 12.6 Å². The van der Waals surface area contributed by atoms with E-state index in [0.717, 1.165) is 12.3 Å². The first-order valence-electron chi connectivity index (χ1n) is 5.15. The third-order valence-electron chi connectivity index (χ3n) is 2.59. The number of nitrogens with zero attached hydrogens (tertiary/aromatic N) is 1. The van der Waals surface area contributed by atoms with Gasteiger partial charge < -0.3 is 4.57 Å². The molecule has 1 nitrogen and oxygen atoms in total. The average molecular weight is 217 g/mol. The van der Waals surface area contributed by atoms with Crippen LogP contribution in [0.4, 0.5) is 0 Å². The highest BCUT2D eigenvalue weighted by Crippen LogP contribution is 2.22. The Bertz CT molecular complexity index is 431. The second-order valence-electron chi connectivity index (χ2n) is 3.60. The maximum Gasteiger partial charge on any atom is 0.0482 e. The van der Waals surface area contributed by atoms with E-state index in [4.69, 9.17) is 0 Å². The standard InChI is InChI=1S/C13H15NS/c1-11-7-8-13(14(11)9-10-15)12-5-3-2-4-6-12/h2-8,15H,9-10H2,1H3. The van der Waals surface area contributed by atoms with Crippen molar-refractivity contribution in [1.82, 2.24) is 4.57 Å². The number of hydrogen-bond donors (Lipinski definition) is 1. The highest BCUT2D eigenvalue weighted by atomic mass is 32.1. The Morgan fingerprint density at radius 3 is 2.47 bits per heavy atom. The van der Waals surface area contributed by atoms with Crippen LogP contribution in [-0.2, 0) is 6.54 Å². The molecular weight excluding hydrogens is 202 g/mol. The lowest BCUT2D eigenvalue weighted by Gasteiger charge is -2.10. The number of thiol groups is 1. The zero-order chi connectivity index (χ0) is 10.7. The zero-order valence-electron chi connectivity index (χ0n) is 8.85. The van der Waals surface area contributed by atoms with Gasteiger partial charge in [0.15, 0.2) is 0 Å². The van der Waals surface area contributed by atoms with Gasteiger partial charge in [-0.2, -0.15) is 12.6 Å². The summed E-state index contributed by atoms with van der Waals surface area (Å²) in [6, 6.07) is 14.8. The first-order chi connectivity index (χ1) is 7.33. The summed E-state index contributed by atoms with van der Waals surface area (Å²) in [7, 11) is 0. The van der Waals surface area contributed by atoms with Gasteiger partial charge in [-0.15, -0.1) is 0 Å². The molecular formula is C13H15NS. The van der Waals surface area contributed by atoms with Crippen LogP contribution in [0.25, 0.3) is 11.3 Å². The Kier molecular flexibility index (Phi) is 3.17. The van der Waals surface area contributed by atoms with E-state index >= 15 is 0 Å². The largest absolute Gasteiger partial charge is 0.344 e. The maximum atomic E-state index is 4.29. The van der Waals surface area contributed by atoms with Crippen molar-refractivity contribution in [1.29, 1.82) is 0 Å². The van der Waals surface area contributed by atoms with Crippen LogP contribution < -0.4 is 0 Å². The molecule has 0 aliphatic carbocycles. The molecule has 0 amide bonds. The molecule has 0 bridgehead atoms. The Balaban J connectivity index is 2.44. The molecule has 0 spiro atoms.